The second kappa shape index (κ2) is 7.26. The third-order valence-corrected chi connectivity index (χ3v) is 2.34. The molecule has 102 valence electrons. The van der Waals surface area contributed by atoms with E-state index >= 15 is 0 Å². The minimum Gasteiger partial charge on any atom is -0.491 e. The highest BCUT2D eigenvalue weighted by Gasteiger charge is 2.17. The van der Waals surface area contributed by atoms with Gasteiger partial charge in [-0.15, -0.1) is 17.0 Å². The topological polar surface area (TPSA) is 73.6 Å². The van der Waals surface area contributed by atoms with E-state index < -0.39 is 0 Å². The van der Waals surface area contributed by atoms with Crippen LogP contribution in [0.3, 0.4) is 0 Å². The Hall–Kier alpha value is -1.23. The number of rotatable bonds is 4. The molecule has 0 aliphatic carbocycles. The first-order valence-electron chi connectivity index (χ1n) is 5.69. The SMILES string of the molecule is Br.CC(C)(C)c1ccccc1OCCN=C(N)N. The van der Waals surface area contributed by atoms with Crippen LogP contribution in [0.5, 0.6) is 5.75 Å². The number of hydrogen-bond donors (Lipinski definition) is 2. The van der Waals surface area contributed by atoms with E-state index in [1.165, 1.54) is 5.56 Å². The van der Waals surface area contributed by atoms with Crippen molar-refractivity contribution < 1.29 is 4.74 Å². The zero-order valence-corrected chi connectivity index (χ0v) is 12.9. The summed E-state index contributed by atoms with van der Waals surface area (Å²) in [6, 6.07) is 8.03. The van der Waals surface area contributed by atoms with Gasteiger partial charge in [0, 0.05) is 0 Å². The summed E-state index contributed by atoms with van der Waals surface area (Å²) < 4.78 is 5.70. The Morgan fingerprint density at radius 3 is 2.39 bits per heavy atom. The lowest BCUT2D eigenvalue weighted by atomic mass is 9.86. The van der Waals surface area contributed by atoms with Crippen molar-refractivity contribution in [1.29, 1.82) is 0 Å². The van der Waals surface area contributed by atoms with Gasteiger partial charge in [-0.2, -0.15) is 0 Å². The van der Waals surface area contributed by atoms with Crippen molar-refractivity contribution in [3.8, 4) is 5.75 Å². The average Bonchev–Trinajstić information content (AvgIpc) is 2.23. The summed E-state index contributed by atoms with van der Waals surface area (Å²) in [4.78, 5) is 3.88. The molecule has 18 heavy (non-hydrogen) atoms. The molecular weight excluding hydrogens is 294 g/mol. The predicted molar refractivity (Wildman–Crippen MR) is 81.6 cm³/mol. The second-order valence-corrected chi connectivity index (χ2v) is 4.90. The van der Waals surface area contributed by atoms with Crippen LogP contribution in [0.1, 0.15) is 26.3 Å². The molecule has 0 aromatic heterocycles. The molecular formula is C13H22BrN3O. The Labute approximate surface area is 119 Å². The lowest BCUT2D eigenvalue weighted by Gasteiger charge is -2.22. The van der Waals surface area contributed by atoms with Gasteiger partial charge < -0.3 is 16.2 Å². The Balaban J connectivity index is 0.00000289. The van der Waals surface area contributed by atoms with Crippen LogP contribution in [0, 0.1) is 0 Å². The maximum Gasteiger partial charge on any atom is 0.186 e. The van der Waals surface area contributed by atoms with Gasteiger partial charge in [-0.1, -0.05) is 39.0 Å². The van der Waals surface area contributed by atoms with E-state index in [1.807, 2.05) is 18.2 Å². The van der Waals surface area contributed by atoms with Gasteiger partial charge in [-0.3, -0.25) is 4.99 Å². The molecule has 0 saturated heterocycles. The largest absolute Gasteiger partial charge is 0.491 e. The normalized spacial score (nSPS) is 10.4. The second-order valence-electron chi connectivity index (χ2n) is 4.90. The summed E-state index contributed by atoms with van der Waals surface area (Å²) in [5.74, 6) is 0.989. The molecule has 0 spiro atoms. The monoisotopic (exact) mass is 315 g/mol. The highest BCUT2D eigenvalue weighted by atomic mass is 79.9. The summed E-state index contributed by atoms with van der Waals surface area (Å²) in [5.41, 5.74) is 11.7. The van der Waals surface area contributed by atoms with Gasteiger partial charge in [0.15, 0.2) is 5.96 Å². The van der Waals surface area contributed by atoms with Gasteiger partial charge in [-0.05, 0) is 17.0 Å². The van der Waals surface area contributed by atoms with Gasteiger partial charge >= 0.3 is 0 Å². The number of nitrogens with two attached hydrogens (primary N) is 2. The van der Waals surface area contributed by atoms with E-state index in [0.29, 0.717) is 13.2 Å². The highest BCUT2D eigenvalue weighted by molar-refractivity contribution is 8.93. The first kappa shape index (κ1) is 16.8. The van der Waals surface area contributed by atoms with Gasteiger partial charge in [-0.25, -0.2) is 0 Å². The number of benzene rings is 1. The van der Waals surface area contributed by atoms with Crippen molar-refractivity contribution >= 4 is 22.9 Å². The molecule has 0 radical (unpaired) electrons. The maximum atomic E-state index is 5.70. The van der Waals surface area contributed by atoms with Crippen molar-refractivity contribution in [2.24, 2.45) is 16.5 Å². The van der Waals surface area contributed by atoms with E-state index in [4.69, 9.17) is 16.2 Å². The summed E-state index contributed by atoms with van der Waals surface area (Å²) in [6.07, 6.45) is 0. The number of nitrogens with zero attached hydrogens (tertiary/aromatic N) is 1. The number of para-hydroxylation sites is 1. The van der Waals surface area contributed by atoms with Crippen molar-refractivity contribution in [1.82, 2.24) is 0 Å². The van der Waals surface area contributed by atoms with Crippen molar-refractivity contribution in [2.75, 3.05) is 13.2 Å². The third-order valence-electron chi connectivity index (χ3n) is 2.34. The molecule has 0 bridgehead atoms. The van der Waals surface area contributed by atoms with Crippen LogP contribution in [0.25, 0.3) is 0 Å². The Bertz CT molecular complexity index is 395. The fourth-order valence-corrected chi connectivity index (χ4v) is 1.54. The molecule has 0 amide bonds. The minimum atomic E-state index is 0. The summed E-state index contributed by atoms with van der Waals surface area (Å²) >= 11 is 0. The van der Waals surface area contributed by atoms with Crippen LogP contribution in [-0.4, -0.2) is 19.1 Å². The fourth-order valence-electron chi connectivity index (χ4n) is 1.54. The first-order chi connectivity index (χ1) is 7.91. The van der Waals surface area contributed by atoms with Crippen LogP contribution < -0.4 is 16.2 Å². The summed E-state index contributed by atoms with van der Waals surface area (Å²) in [7, 11) is 0. The summed E-state index contributed by atoms with van der Waals surface area (Å²) in [5, 5.41) is 0. The van der Waals surface area contributed by atoms with E-state index in [0.717, 1.165) is 5.75 Å². The molecule has 0 aliphatic heterocycles. The predicted octanol–water partition coefficient (Wildman–Crippen LogP) is 2.21. The minimum absolute atomic E-state index is 0. The number of halogens is 1. The summed E-state index contributed by atoms with van der Waals surface area (Å²) in [6.45, 7) is 7.42. The van der Waals surface area contributed by atoms with Crippen LogP contribution in [0.2, 0.25) is 0 Å². The fraction of sp³-hybridized carbons (Fsp3) is 0.462. The molecule has 0 atom stereocenters. The molecule has 1 aromatic carbocycles. The Morgan fingerprint density at radius 2 is 1.83 bits per heavy atom. The van der Waals surface area contributed by atoms with E-state index in [2.05, 4.69) is 31.8 Å². The molecule has 4 nitrogen and oxygen atoms in total. The molecule has 0 unspecified atom stereocenters. The van der Waals surface area contributed by atoms with E-state index in [-0.39, 0.29) is 28.4 Å². The molecule has 1 aromatic rings. The molecule has 4 N–H and O–H groups in total. The smallest absolute Gasteiger partial charge is 0.186 e. The Morgan fingerprint density at radius 1 is 1.22 bits per heavy atom. The standard InChI is InChI=1S/C13H21N3O.BrH/c1-13(2,3)10-6-4-5-7-11(10)17-9-8-16-12(14)15;/h4-7H,8-9H2,1-3H3,(H4,14,15,16);1H. The average molecular weight is 316 g/mol. The third kappa shape index (κ3) is 5.40. The van der Waals surface area contributed by atoms with Crippen LogP contribution in [-0.2, 0) is 5.41 Å². The lowest BCUT2D eigenvalue weighted by molar-refractivity contribution is 0.319. The highest BCUT2D eigenvalue weighted by Crippen LogP contribution is 2.30. The lowest BCUT2D eigenvalue weighted by Crippen LogP contribution is -2.23. The number of ether oxygens (including phenoxy) is 1. The molecule has 0 saturated carbocycles. The van der Waals surface area contributed by atoms with E-state index in [1.54, 1.807) is 0 Å². The zero-order valence-electron chi connectivity index (χ0n) is 11.1. The van der Waals surface area contributed by atoms with E-state index in [9.17, 15) is 0 Å². The maximum absolute atomic E-state index is 5.70. The number of guanidine groups is 1. The van der Waals surface area contributed by atoms with Crippen LogP contribution in [0.4, 0.5) is 0 Å². The molecule has 0 heterocycles. The van der Waals surface area contributed by atoms with Gasteiger partial charge in [0.1, 0.15) is 12.4 Å². The van der Waals surface area contributed by atoms with Crippen LogP contribution >= 0.6 is 17.0 Å². The number of aliphatic imine (C=N–C) groups is 1. The van der Waals surface area contributed by atoms with Crippen molar-refractivity contribution in [3.63, 3.8) is 0 Å². The van der Waals surface area contributed by atoms with Crippen LogP contribution in [0.15, 0.2) is 29.3 Å². The van der Waals surface area contributed by atoms with Crippen molar-refractivity contribution in [2.45, 2.75) is 26.2 Å². The van der Waals surface area contributed by atoms with Gasteiger partial charge in [0.25, 0.3) is 0 Å². The van der Waals surface area contributed by atoms with Gasteiger partial charge in [0.2, 0.25) is 0 Å². The zero-order chi connectivity index (χ0) is 12.9. The first-order valence-corrected chi connectivity index (χ1v) is 5.69. The molecule has 0 aliphatic rings. The molecule has 0 fully saturated rings. The molecule has 1 rings (SSSR count). The Kier molecular flexibility index (Phi) is 6.76. The quantitative estimate of drug-likeness (QED) is 0.508. The molecule has 5 heteroatoms. The van der Waals surface area contributed by atoms with Crippen molar-refractivity contribution in [3.05, 3.63) is 29.8 Å². The van der Waals surface area contributed by atoms with Gasteiger partial charge in [0.05, 0.1) is 6.54 Å². The number of hydrogen-bond acceptors (Lipinski definition) is 2.